The van der Waals surface area contributed by atoms with E-state index in [1.54, 1.807) is 13.8 Å². The Morgan fingerprint density at radius 1 is 1.40 bits per heavy atom. The van der Waals surface area contributed by atoms with E-state index in [0.717, 1.165) is 12.1 Å². The monoisotopic (exact) mass is 288 g/mol. The number of nitrogens with one attached hydrogen (secondary N) is 1. The van der Waals surface area contributed by atoms with Gasteiger partial charge in [-0.3, -0.25) is 4.79 Å². The number of carbonyl (C=O) groups excluding carboxylic acids is 1. The van der Waals surface area contributed by atoms with Gasteiger partial charge in [0.05, 0.1) is 5.56 Å². The minimum atomic E-state index is -4.51. The number of nitrogen functional groups attached to an aromatic ring is 1. The van der Waals surface area contributed by atoms with Crippen molar-refractivity contribution >= 4 is 17.5 Å². The van der Waals surface area contributed by atoms with Gasteiger partial charge >= 0.3 is 6.18 Å². The highest BCUT2D eigenvalue weighted by molar-refractivity contribution is 5.90. The van der Waals surface area contributed by atoms with E-state index in [1.807, 2.05) is 0 Å². The van der Waals surface area contributed by atoms with Gasteiger partial charge in [0.25, 0.3) is 0 Å². The van der Waals surface area contributed by atoms with Gasteiger partial charge in [0, 0.05) is 13.1 Å². The molecule has 1 aliphatic rings. The summed E-state index contributed by atoms with van der Waals surface area (Å²) in [5, 5.41) is 2.67. The SMILES string of the molecule is CC1(C)C(=O)NCCN1c1cc(C(F)(F)F)cc(N)n1. The van der Waals surface area contributed by atoms with Gasteiger partial charge in [-0.05, 0) is 26.0 Å². The summed E-state index contributed by atoms with van der Waals surface area (Å²) >= 11 is 0. The maximum atomic E-state index is 12.8. The van der Waals surface area contributed by atoms with Crippen molar-refractivity contribution in [2.75, 3.05) is 23.7 Å². The summed E-state index contributed by atoms with van der Waals surface area (Å²) in [4.78, 5) is 17.3. The summed E-state index contributed by atoms with van der Waals surface area (Å²) in [6.07, 6.45) is -4.51. The number of hydrogen-bond acceptors (Lipinski definition) is 4. The largest absolute Gasteiger partial charge is 0.416 e. The smallest absolute Gasteiger partial charge is 0.384 e. The van der Waals surface area contributed by atoms with Gasteiger partial charge in [0.15, 0.2) is 0 Å². The molecule has 0 saturated carbocycles. The molecule has 1 amide bonds. The zero-order chi connectivity index (χ0) is 15.1. The standard InChI is InChI=1S/C12H15F3N4O/c1-11(2)10(20)17-3-4-19(11)9-6-7(12(13,14)15)5-8(16)18-9/h5-6H,3-4H2,1-2H3,(H2,16,18)(H,17,20). The van der Waals surface area contributed by atoms with Crippen LogP contribution >= 0.6 is 0 Å². The van der Waals surface area contributed by atoms with Crippen molar-refractivity contribution in [2.45, 2.75) is 25.6 Å². The molecule has 0 aromatic carbocycles. The second-order valence-corrected chi connectivity index (χ2v) is 5.10. The van der Waals surface area contributed by atoms with Crippen LogP contribution in [0.3, 0.4) is 0 Å². The predicted octanol–water partition coefficient (Wildman–Crippen LogP) is 1.40. The highest BCUT2D eigenvalue weighted by Crippen LogP contribution is 2.34. The molecule has 1 fully saturated rings. The highest BCUT2D eigenvalue weighted by atomic mass is 19.4. The van der Waals surface area contributed by atoms with Crippen LogP contribution in [0.5, 0.6) is 0 Å². The van der Waals surface area contributed by atoms with Crippen molar-refractivity contribution in [3.63, 3.8) is 0 Å². The Hall–Kier alpha value is -1.99. The molecule has 0 spiro atoms. The number of hydrogen-bond donors (Lipinski definition) is 2. The number of piperazine rings is 1. The minimum Gasteiger partial charge on any atom is -0.384 e. The molecule has 110 valence electrons. The summed E-state index contributed by atoms with van der Waals surface area (Å²) in [7, 11) is 0. The molecule has 0 bridgehead atoms. The van der Waals surface area contributed by atoms with Crippen molar-refractivity contribution in [1.82, 2.24) is 10.3 Å². The zero-order valence-corrected chi connectivity index (χ0v) is 11.1. The first-order valence-electron chi connectivity index (χ1n) is 6.03. The predicted molar refractivity (Wildman–Crippen MR) is 68.1 cm³/mol. The normalized spacial score (nSPS) is 18.9. The molecule has 1 aliphatic heterocycles. The third-order valence-corrected chi connectivity index (χ3v) is 3.29. The van der Waals surface area contributed by atoms with Gasteiger partial charge in [-0.15, -0.1) is 0 Å². The van der Waals surface area contributed by atoms with E-state index in [-0.39, 0.29) is 17.5 Å². The van der Waals surface area contributed by atoms with Crippen molar-refractivity contribution < 1.29 is 18.0 Å². The van der Waals surface area contributed by atoms with E-state index in [4.69, 9.17) is 5.73 Å². The fourth-order valence-corrected chi connectivity index (χ4v) is 2.14. The van der Waals surface area contributed by atoms with E-state index < -0.39 is 17.3 Å². The zero-order valence-electron chi connectivity index (χ0n) is 11.1. The van der Waals surface area contributed by atoms with Crippen LogP contribution in [0.15, 0.2) is 12.1 Å². The molecule has 0 atom stereocenters. The van der Waals surface area contributed by atoms with E-state index in [9.17, 15) is 18.0 Å². The van der Waals surface area contributed by atoms with Crippen molar-refractivity contribution in [3.05, 3.63) is 17.7 Å². The molecule has 2 rings (SSSR count). The topological polar surface area (TPSA) is 71.2 Å². The maximum absolute atomic E-state index is 12.8. The van der Waals surface area contributed by atoms with Crippen LogP contribution in [0.4, 0.5) is 24.8 Å². The fourth-order valence-electron chi connectivity index (χ4n) is 2.14. The molecule has 1 aromatic rings. The third kappa shape index (κ3) is 2.50. The van der Waals surface area contributed by atoms with Crippen LogP contribution in [-0.2, 0) is 11.0 Å². The summed E-state index contributed by atoms with van der Waals surface area (Å²) in [5.74, 6) is -0.435. The molecule has 2 heterocycles. The van der Waals surface area contributed by atoms with Gasteiger partial charge < -0.3 is 16.0 Å². The lowest BCUT2D eigenvalue weighted by Gasteiger charge is -2.42. The van der Waals surface area contributed by atoms with Crippen LogP contribution < -0.4 is 16.0 Å². The number of nitrogens with zero attached hydrogens (tertiary/aromatic N) is 2. The third-order valence-electron chi connectivity index (χ3n) is 3.29. The molecule has 1 aromatic heterocycles. The van der Waals surface area contributed by atoms with Gasteiger partial charge in [-0.25, -0.2) is 4.98 Å². The minimum absolute atomic E-state index is 0.0529. The number of carbonyl (C=O) groups is 1. The number of alkyl halides is 3. The van der Waals surface area contributed by atoms with Gasteiger partial charge in [-0.1, -0.05) is 0 Å². The Morgan fingerprint density at radius 2 is 2.05 bits per heavy atom. The Balaban J connectivity index is 2.47. The molecule has 0 unspecified atom stereocenters. The number of rotatable bonds is 1. The van der Waals surface area contributed by atoms with Gasteiger partial charge in [0.1, 0.15) is 17.2 Å². The molecule has 0 aliphatic carbocycles. The molecule has 5 nitrogen and oxygen atoms in total. The molecule has 8 heteroatoms. The molecular formula is C12H15F3N4O. The van der Waals surface area contributed by atoms with Crippen LogP contribution in [0.2, 0.25) is 0 Å². The first-order valence-corrected chi connectivity index (χ1v) is 6.03. The first kappa shape index (κ1) is 14.4. The Bertz CT molecular complexity index is 542. The molecule has 1 saturated heterocycles. The molecule has 20 heavy (non-hydrogen) atoms. The second-order valence-electron chi connectivity index (χ2n) is 5.10. The number of anilines is 2. The first-order chi connectivity index (χ1) is 9.12. The summed E-state index contributed by atoms with van der Waals surface area (Å²) in [5.41, 5.74) is 3.59. The number of pyridine rings is 1. The Morgan fingerprint density at radius 3 is 2.65 bits per heavy atom. The lowest BCUT2D eigenvalue weighted by atomic mass is 9.98. The van der Waals surface area contributed by atoms with Gasteiger partial charge in [0.2, 0.25) is 5.91 Å². The molecule has 0 radical (unpaired) electrons. The highest BCUT2D eigenvalue weighted by Gasteiger charge is 2.40. The van der Waals surface area contributed by atoms with Crippen LogP contribution in [-0.4, -0.2) is 29.5 Å². The van der Waals surface area contributed by atoms with Crippen LogP contribution in [0.1, 0.15) is 19.4 Å². The van der Waals surface area contributed by atoms with Gasteiger partial charge in [-0.2, -0.15) is 13.2 Å². The summed E-state index contributed by atoms with van der Waals surface area (Å²) in [6, 6.07) is 1.69. The van der Waals surface area contributed by atoms with Crippen molar-refractivity contribution in [3.8, 4) is 0 Å². The van der Waals surface area contributed by atoms with Crippen molar-refractivity contribution in [2.24, 2.45) is 0 Å². The Kier molecular flexibility index (Phi) is 3.27. The van der Waals surface area contributed by atoms with E-state index in [0.29, 0.717) is 13.1 Å². The number of aromatic nitrogens is 1. The molecular weight excluding hydrogens is 273 g/mol. The lowest BCUT2D eigenvalue weighted by molar-refractivity contribution is -0.137. The van der Waals surface area contributed by atoms with E-state index >= 15 is 0 Å². The van der Waals surface area contributed by atoms with Crippen LogP contribution in [0.25, 0.3) is 0 Å². The van der Waals surface area contributed by atoms with Crippen molar-refractivity contribution in [1.29, 1.82) is 0 Å². The average molecular weight is 288 g/mol. The number of nitrogens with two attached hydrogens (primary N) is 1. The van der Waals surface area contributed by atoms with Crippen LogP contribution in [0, 0.1) is 0 Å². The summed E-state index contributed by atoms with van der Waals surface area (Å²) < 4.78 is 38.4. The second kappa shape index (κ2) is 4.53. The fraction of sp³-hybridized carbons (Fsp3) is 0.500. The molecule has 3 N–H and O–H groups in total. The van der Waals surface area contributed by atoms with E-state index in [1.165, 1.54) is 4.90 Å². The summed E-state index contributed by atoms with van der Waals surface area (Å²) in [6.45, 7) is 3.96. The van der Waals surface area contributed by atoms with E-state index in [2.05, 4.69) is 10.3 Å². The average Bonchev–Trinajstić information content (AvgIpc) is 2.30. The maximum Gasteiger partial charge on any atom is 0.416 e. The lowest BCUT2D eigenvalue weighted by Crippen LogP contribution is -2.62. The number of amides is 1. The number of halogens is 3. The quantitative estimate of drug-likeness (QED) is 0.819. The Labute approximate surface area is 114 Å².